The molecule has 9 nitrogen and oxygen atoms in total. The van der Waals surface area contributed by atoms with Gasteiger partial charge in [-0.05, 0) is 55.5 Å². The largest absolute Gasteiger partial charge is 0.484 e. The van der Waals surface area contributed by atoms with Gasteiger partial charge in [0.05, 0.1) is 23.0 Å². The highest BCUT2D eigenvalue weighted by Gasteiger charge is 2.57. The number of carbonyl (C=O) groups is 2. The van der Waals surface area contributed by atoms with Crippen LogP contribution in [-0.4, -0.2) is 69.6 Å². The van der Waals surface area contributed by atoms with E-state index in [1.807, 2.05) is 0 Å². The molecule has 2 N–H and O–H groups in total. The first-order valence-corrected chi connectivity index (χ1v) is 15.3. The highest BCUT2D eigenvalue weighted by atomic mass is 35.5. The molecular weight excluding hydrogens is 572 g/mol. The van der Waals surface area contributed by atoms with Gasteiger partial charge in [0.15, 0.2) is 12.7 Å². The van der Waals surface area contributed by atoms with E-state index in [0.717, 1.165) is 18.9 Å². The van der Waals surface area contributed by atoms with Crippen LogP contribution >= 0.6 is 23.2 Å². The molecule has 2 unspecified atom stereocenters. The first-order valence-electron chi connectivity index (χ1n) is 12.5. The minimum Gasteiger partial charge on any atom is -0.484 e. The molecule has 6 rings (SSSR count). The maximum absolute atomic E-state index is 13.6. The van der Waals surface area contributed by atoms with Crippen molar-refractivity contribution in [1.82, 2.24) is 10.6 Å². The number of hydrogen-bond acceptors (Lipinski definition) is 7. The fourth-order valence-electron chi connectivity index (χ4n) is 5.58. The first kappa shape index (κ1) is 27.8. The Balaban J connectivity index is 1.16. The van der Waals surface area contributed by atoms with Crippen LogP contribution in [0.2, 0.25) is 10.0 Å². The second-order valence-corrected chi connectivity index (χ2v) is 13.6. The van der Waals surface area contributed by atoms with Crippen molar-refractivity contribution in [2.75, 3.05) is 36.6 Å². The van der Waals surface area contributed by atoms with Crippen LogP contribution in [0.15, 0.2) is 36.4 Å². The van der Waals surface area contributed by atoms with Gasteiger partial charge < -0.3 is 25.0 Å². The Morgan fingerprint density at radius 3 is 2.67 bits per heavy atom. The van der Waals surface area contributed by atoms with Gasteiger partial charge in [-0.1, -0.05) is 23.2 Å². The number of benzene rings is 2. The molecule has 1 heterocycles. The molecule has 1 aliphatic heterocycles. The molecule has 2 aromatic rings. The van der Waals surface area contributed by atoms with E-state index in [1.165, 1.54) is 18.4 Å². The lowest BCUT2D eigenvalue weighted by Crippen LogP contribution is -2.53. The summed E-state index contributed by atoms with van der Waals surface area (Å²) in [5.41, 5.74) is 0.218. The van der Waals surface area contributed by atoms with Crippen LogP contribution in [0.3, 0.4) is 0 Å². The molecule has 0 spiro atoms. The van der Waals surface area contributed by atoms with E-state index >= 15 is 0 Å². The third-order valence-electron chi connectivity index (χ3n) is 7.42. The molecule has 3 fully saturated rings. The van der Waals surface area contributed by atoms with Crippen LogP contribution in [0.5, 0.6) is 11.5 Å². The molecular formula is C26H28Cl2FN3O6S. The maximum atomic E-state index is 13.6. The summed E-state index contributed by atoms with van der Waals surface area (Å²) >= 11 is 11.8. The summed E-state index contributed by atoms with van der Waals surface area (Å²) in [5.74, 6) is -0.450. The van der Waals surface area contributed by atoms with E-state index in [1.54, 1.807) is 23.1 Å². The zero-order valence-corrected chi connectivity index (χ0v) is 23.4. The number of fused-ring (bicyclic) bond motifs is 2. The summed E-state index contributed by atoms with van der Waals surface area (Å²) in [7, 11) is -3.22. The molecule has 2 amide bonds. The van der Waals surface area contributed by atoms with E-state index in [-0.39, 0.29) is 60.0 Å². The number of halogens is 3. The van der Waals surface area contributed by atoms with Crippen molar-refractivity contribution in [1.29, 1.82) is 0 Å². The standard InChI is InChI=1S/C26H28Cl2FN3O6S/c1-39(35,36)7-6-32-13-23(38-22-5-2-16(27)8-21(22)32)25(34)30-20-12-26(10-15(20)11-26)31-24(33)14-37-17-3-4-18(28)19(29)9-17/h2-5,8-9,15,20,23H,6-7,10-14H2,1H3,(H,30,34)(H,31,33). The molecule has 2 bridgehead atoms. The predicted octanol–water partition coefficient (Wildman–Crippen LogP) is 2.98. The molecule has 3 aliphatic carbocycles. The van der Waals surface area contributed by atoms with Gasteiger partial charge in [0.1, 0.15) is 27.2 Å². The molecule has 39 heavy (non-hydrogen) atoms. The Labute approximate surface area is 235 Å². The predicted molar refractivity (Wildman–Crippen MR) is 145 cm³/mol. The maximum Gasteiger partial charge on any atom is 0.263 e. The van der Waals surface area contributed by atoms with Gasteiger partial charge in [-0.25, -0.2) is 12.8 Å². The molecule has 0 aromatic heterocycles. The van der Waals surface area contributed by atoms with Crippen LogP contribution in [0.4, 0.5) is 10.1 Å². The van der Waals surface area contributed by atoms with Crippen LogP contribution in [-0.2, 0) is 19.4 Å². The summed E-state index contributed by atoms with van der Waals surface area (Å²) in [6, 6.07) is 8.85. The molecule has 210 valence electrons. The Morgan fingerprint density at radius 1 is 1.18 bits per heavy atom. The monoisotopic (exact) mass is 599 g/mol. The number of hydrogen-bond donors (Lipinski definition) is 2. The molecule has 4 aliphatic rings. The molecule has 3 saturated carbocycles. The van der Waals surface area contributed by atoms with Crippen LogP contribution in [0.25, 0.3) is 0 Å². The van der Waals surface area contributed by atoms with E-state index in [2.05, 4.69) is 10.6 Å². The van der Waals surface area contributed by atoms with Crippen LogP contribution in [0, 0.1) is 11.7 Å². The summed E-state index contributed by atoms with van der Waals surface area (Å²) in [6.07, 6.45) is 2.36. The van der Waals surface area contributed by atoms with Crippen molar-refractivity contribution >= 4 is 50.5 Å². The minimum absolute atomic E-state index is 0.0286. The number of carbonyl (C=O) groups excluding carboxylic acids is 2. The lowest BCUT2D eigenvalue weighted by Gasteiger charge is -2.39. The first-order chi connectivity index (χ1) is 18.4. The molecule has 2 atom stereocenters. The van der Waals surface area contributed by atoms with Gasteiger partial charge in [0, 0.05) is 35.5 Å². The lowest BCUT2D eigenvalue weighted by atomic mass is 9.76. The second-order valence-electron chi connectivity index (χ2n) is 10.5. The van der Waals surface area contributed by atoms with Gasteiger partial charge in [-0.3, -0.25) is 9.59 Å². The van der Waals surface area contributed by atoms with Crippen molar-refractivity contribution in [3.63, 3.8) is 0 Å². The quantitative estimate of drug-likeness (QED) is 0.455. The number of anilines is 1. The van der Waals surface area contributed by atoms with Crippen molar-refractivity contribution in [2.24, 2.45) is 5.92 Å². The third kappa shape index (κ3) is 6.36. The SMILES string of the molecule is CS(=O)(=O)CCN1CC(C(=O)NC2CC3(NC(=O)COc4ccc(Cl)c(F)c4)CC2C3)Oc2ccc(Cl)cc21. The second kappa shape index (κ2) is 10.7. The third-order valence-corrected chi connectivity index (χ3v) is 8.89. The Bertz CT molecular complexity index is 1400. The summed E-state index contributed by atoms with van der Waals surface area (Å²) in [4.78, 5) is 27.5. The fourth-order valence-corrected chi connectivity index (χ4v) is 6.41. The fraction of sp³-hybridized carbons (Fsp3) is 0.462. The number of rotatable bonds is 9. The number of ether oxygens (including phenoxy) is 2. The molecule has 0 radical (unpaired) electrons. The zero-order chi connectivity index (χ0) is 27.9. The normalized spacial score (nSPS) is 25.2. The number of sulfone groups is 1. The molecule has 13 heteroatoms. The minimum atomic E-state index is -3.22. The average molecular weight is 600 g/mol. The number of nitrogens with one attached hydrogen (secondary N) is 2. The van der Waals surface area contributed by atoms with Gasteiger partial charge >= 0.3 is 0 Å². The van der Waals surface area contributed by atoms with E-state index in [0.29, 0.717) is 22.9 Å². The topological polar surface area (TPSA) is 114 Å². The van der Waals surface area contributed by atoms with Gasteiger partial charge in [0.25, 0.3) is 11.8 Å². The highest BCUT2D eigenvalue weighted by Crippen LogP contribution is 2.52. The Kier molecular flexibility index (Phi) is 7.60. The smallest absolute Gasteiger partial charge is 0.263 e. The summed E-state index contributed by atoms with van der Waals surface area (Å²) < 4.78 is 48.5. The van der Waals surface area contributed by atoms with Gasteiger partial charge in [0.2, 0.25) is 0 Å². The van der Waals surface area contributed by atoms with Crippen molar-refractivity contribution in [2.45, 2.75) is 36.9 Å². The lowest BCUT2D eigenvalue weighted by molar-refractivity contribution is -0.129. The zero-order valence-electron chi connectivity index (χ0n) is 21.1. The molecule has 0 saturated heterocycles. The number of nitrogens with zero attached hydrogens (tertiary/aromatic N) is 1. The molecule has 2 aromatic carbocycles. The van der Waals surface area contributed by atoms with Crippen LogP contribution < -0.4 is 25.0 Å². The van der Waals surface area contributed by atoms with E-state index < -0.39 is 27.3 Å². The summed E-state index contributed by atoms with van der Waals surface area (Å²) in [5, 5.41) is 6.53. The number of amides is 2. The van der Waals surface area contributed by atoms with Crippen molar-refractivity contribution in [3.05, 3.63) is 52.3 Å². The van der Waals surface area contributed by atoms with Crippen molar-refractivity contribution < 1.29 is 31.9 Å². The van der Waals surface area contributed by atoms with Gasteiger partial charge in [-0.2, -0.15) is 0 Å². The Morgan fingerprint density at radius 2 is 1.95 bits per heavy atom. The van der Waals surface area contributed by atoms with Gasteiger partial charge in [-0.15, -0.1) is 0 Å². The van der Waals surface area contributed by atoms with E-state index in [9.17, 15) is 22.4 Å². The van der Waals surface area contributed by atoms with E-state index in [4.69, 9.17) is 32.7 Å². The Hall–Kier alpha value is -2.76. The average Bonchev–Trinajstić information content (AvgIpc) is 3.36. The van der Waals surface area contributed by atoms with Crippen LogP contribution in [0.1, 0.15) is 19.3 Å². The summed E-state index contributed by atoms with van der Waals surface area (Å²) in [6.45, 7) is 0.106. The highest BCUT2D eigenvalue weighted by molar-refractivity contribution is 7.90. The van der Waals surface area contributed by atoms with Crippen molar-refractivity contribution in [3.8, 4) is 11.5 Å².